The van der Waals surface area contributed by atoms with E-state index in [2.05, 4.69) is 65.2 Å². The number of benzene rings is 1. The number of hydrogen-bond acceptors (Lipinski definition) is 4. The van der Waals surface area contributed by atoms with Crippen molar-refractivity contribution in [1.29, 1.82) is 0 Å². The number of ether oxygens (including phenoxy) is 1. The Kier molecular flexibility index (Phi) is 10.1. The van der Waals surface area contributed by atoms with Crippen molar-refractivity contribution in [2.45, 2.75) is 44.8 Å². The Balaban J connectivity index is 0.00000320. The number of nitrogens with one attached hydrogen (secondary N) is 3. The standard InChI is InChI=1S/C22H34N6O.HI/c1-4-23-21(24-16-20-10-13-26-28(20)3)25-17-22(11-14-29-15-12-22)27-18(2)19-8-6-5-7-9-19;/h5-10,13,18,27H,4,11-12,14-17H2,1-3H3,(H2,23,24,25);1H. The van der Waals surface area contributed by atoms with Gasteiger partial charge in [0.15, 0.2) is 5.96 Å². The van der Waals surface area contributed by atoms with Crippen LogP contribution in [0.4, 0.5) is 0 Å². The number of nitrogens with zero attached hydrogens (tertiary/aromatic N) is 3. The molecule has 0 amide bonds. The number of hydrogen-bond donors (Lipinski definition) is 3. The van der Waals surface area contributed by atoms with Crippen LogP contribution in [0, 0.1) is 0 Å². The van der Waals surface area contributed by atoms with Gasteiger partial charge in [-0.3, -0.25) is 4.68 Å². The van der Waals surface area contributed by atoms with Crippen LogP contribution in [-0.2, 0) is 18.3 Å². The zero-order valence-electron chi connectivity index (χ0n) is 18.2. The highest BCUT2D eigenvalue weighted by Gasteiger charge is 2.34. The van der Waals surface area contributed by atoms with Gasteiger partial charge >= 0.3 is 0 Å². The number of halogens is 1. The van der Waals surface area contributed by atoms with Gasteiger partial charge in [-0.2, -0.15) is 5.10 Å². The van der Waals surface area contributed by atoms with Crippen LogP contribution in [0.15, 0.2) is 47.6 Å². The van der Waals surface area contributed by atoms with E-state index < -0.39 is 0 Å². The van der Waals surface area contributed by atoms with E-state index in [0.717, 1.165) is 50.8 Å². The monoisotopic (exact) mass is 526 g/mol. The van der Waals surface area contributed by atoms with Crippen LogP contribution in [0.2, 0.25) is 0 Å². The van der Waals surface area contributed by atoms with E-state index in [9.17, 15) is 0 Å². The fraction of sp³-hybridized carbons (Fsp3) is 0.545. The van der Waals surface area contributed by atoms with E-state index in [-0.39, 0.29) is 35.6 Å². The largest absolute Gasteiger partial charge is 0.381 e. The van der Waals surface area contributed by atoms with Crippen molar-refractivity contribution < 1.29 is 4.74 Å². The lowest BCUT2D eigenvalue weighted by molar-refractivity contribution is 0.0355. The van der Waals surface area contributed by atoms with Crippen LogP contribution in [0.5, 0.6) is 0 Å². The van der Waals surface area contributed by atoms with Gasteiger partial charge in [-0.15, -0.1) is 24.0 Å². The van der Waals surface area contributed by atoms with Crippen LogP contribution in [0.25, 0.3) is 0 Å². The molecule has 7 nitrogen and oxygen atoms in total. The molecule has 1 atom stereocenters. The summed E-state index contributed by atoms with van der Waals surface area (Å²) in [7, 11) is 1.94. The smallest absolute Gasteiger partial charge is 0.191 e. The Morgan fingerprint density at radius 2 is 1.93 bits per heavy atom. The molecular weight excluding hydrogens is 491 g/mol. The van der Waals surface area contributed by atoms with Crippen molar-refractivity contribution in [3.05, 3.63) is 53.9 Å². The third-order valence-corrected chi connectivity index (χ3v) is 5.53. The molecule has 1 saturated heterocycles. The maximum Gasteiger partial charge on any atom is 0.191 e. The zero-order chi connectivity index (χ0) is 20.5. The first-order valence-corrected chi connectivity index (χ1v) is 10.5. The molecule has 1 aromatic carbocycles. The maximum absolute atomic E-state index is 5.65. The molecule has 0 aliphatic carbocycles. The van der Waals surface area contributed by atoms with Crippen LogP contribution < -0.4 is 16.0 Å². The summed E-state index contributed by atoms with van der Waals surface area (Å²) >= 11 is 0. The molecule has 1 fully saturated rings. The molecule has 1 aliphatic heterocycles. The van der Waals surface area contributed by atoms with E-state index in [1.165, 1.54) is 5.56 Å². The van der Waals surface area contributed by atoms with Crippen LogP contribution in [0.3, 0.4) is 0 Å². The normalized spacial score (nSPS) is 17.1. The summed E-state index contributed by atoms with van der Waals surface area (Å²) < 4.78 is 7.51. The number of guanidine groups is 1. The Labute approximate surface area is 197 Å². The zero-order valence-corrected chi connectivity index (χ0v) is 20.6. The van der Waals surface area contributed by atoms with Gasteiger partial charge in [0.05, 0.1) is 12.2 Å². The van der Waals surface area contributed by atoms with Gasteiger partial charge < -0.3 is 20.7 Å². The Morgan fingerprint density at radius 1 is 1.20 bits per heavy atom. The minimum absolute atomic E-state index is 0. The predicted octanol–water partition coefficient (Wildman–Crippen LogP) is 2.99. The lowest BCUT2D eigenvalue weighted by Crippen LogP contribution is -2.58. The molecule has 1 aliphatic rings. The van der Waals surface area contributed by atoms with Crippen molar-refractivity contribution in [3.8, 4) is 0 Å². The van der Waals surface area contributed by atoms with Gasteiger partial charge in [0.2, 0.25) is 0 Å². The lowest BCUT2D eigenvalue weighted by atomic mass is 9.88. The predicted molar refractivity (Wildman–Crippen MR) is 132 cm³/mol. The molecule has 1 unspecified atom stereocenters. The van der Waals surface area contributed by atoms with Gasteiger partial charge in [0, 0.05) is 51.1 Å². The van der Waals surface area contributed by atoms with Crippen LogP contribution >= 0.6 is 24.0 Å². The molecule has 30 heavy (non-hydrogen) atoms. The summed E-state index contributed by atoms with van der Waals surface area (Å²) in [5.74, 6) is 0.828. The molecule has 2 aromatic rings. The number of aryl methyl sites for hydroxylation is 1. The van der Waals surface area contributed by atoms with Gasteiger partial charge in [0.25, 0.3) is 0 Å². The van der Waals surface area contributed by atoms with Gasteiger partial charge in [-0.1, -0.05) is 30.3 Å². The quantitative estimate of drug-likeness (QED) is 0.280. The number of aromatic nitrogens is 2. The van der Waals surface area contributed by atoms with E-state index in [0.29, 0.717) is 6.54 Å². The van der Waals surface area contributed by atoms with Gasteiger partial charge in [0.1, 0.15) is 0 Å². The molecule has 3 N–H and O–H groups in total. The molecular formula is C22H35IN6O. The Bertz CT molecular complexity index is 773. The minimum atomic E-state index is -0.0315. The van der Waals surface area contributed by atoms with E-state index in [1.807, 2.05) is 17.8 Å². The maximum atomic E-state index is 5.65. The highest BCUT2D eigenvalue weighted by Crippen LogP contribution is 2.25. The summed E-state index contributed by atoms with van der Waals surface area (Å²) in [6.45, 7) is 8.08. The van der Waals surface area contributed by atoms with Crippen LogP contribution in [-0.4, -0.2) is 47.6 Å². The molecule has 8 heteroatoms. The number of aliphatic imine (C=N–C) groups is 1. The first-order valence-electron chi connectivity index (χ1n) is 10.5. The SMILES string of the molecule is CCNC(=NCc1ccnn1C)NCC1(NC(C)c2ccccc2)CCOCC1.I. The van der Waals surface area contributed by atoms with Gasteiger partial charge in [-0.05, 0) is 38.3 Å². The number of rotatable bonds is 8. The molecule has 166 valence electrons. The highest BCUT2D eigenvalue weighted by molar-refractivity contribution is 14.0. The van der Waals surface area contributed by atoms with Crippen molar-refractivity contribution in [3.63, 3.8) is 0 Å². The molecule has 2 heterocycles. The van der Waals surface area contributed by atoms with Crippen molar-refractivity contribution in [2.24, 2.45) is 12.0 Å². The van der Waals surface area contributed by atoms with Crippen LogP contribution in [0.1, 0.15) is 44.0 Å². The summed E-state index contributed by atoms with van der Waals surface area (Å²) in [4.78, 5) is 4.74. The summed E-state index contributed by atoms with van der Waals surface area (Å²) in [5.41, 5.74) is 2.35. The topological polar surface area (TPSA) is 75.5 Å². The fourth-order valence-corrected chi connectivity index (χ4v) is 3.73. The summed E-state index contributed by atoms with van der Waals surface area (Å²) in [5, 5.41) is 15.0. The Hall–Kier alpha value is -1.65. The van der Waals surface area contributed by atoms with Crippen molar-refractivity contribution in [1.82, 2.24) is 25.7 Å². The molecule has 0 bridgehead atoms. The van der Waals surface area contributed by atoms with E-state index in [4.69, 9.17) is 9.73 Å². The first-order chi connectivity index (χ1) is 14.1. The molecule has 0 radical (unpaired) electrons. The van der Waals surface area contributed by atoms with E-state index in [1.54, 1.807) is 6.20 Å². The Morgan fingerprint density at radius 3 is 2.57 bits per heavy atom. The minimum Gasteiger partial charge on any atom is -0.381 e. The molecule has 1 aromatic heterocycles. The third-order valence-electron chi connectivity index (χ3n) is 5.53. The fourth-order valence-electron chi connectivity index (χ4n) is 3.73. The third kappa shape index (κ3) is 6.95. The van der Waals surface area contributed by atoms with E-state index >= 15 is 0 Å². The average Bonchev–Trinajstić information content (AvgIpc) is 3.16. The second-order valence-electron chi connectivity index (χ2n) is 7.66. The summed E-state index contributed by atoms with van der Waals surface area (Å²) in [6.07, 6.45) is 3.74. The molecule has 3 rings (SSSR count). The second-order valence-corrected chi connectivity index (χ2v) is 7.66. The van der Waals surface area contributed by atoms with Crippen molar-refractivity contribution >= 4 is 29.9 Å². The summed E-state index contributed by atoms with van der Waals surface area (Å²) in [6, 6.07) is 12.9. The second kappa shape index (κ2) is 12.3. The molecule has 0 spiro atoms. The van der Waals surface area contributed by atoms with Gasteiger partial charge in [-0.25, -0.2) is 4.99 Å². The lowest BCUT2D eigenvalue weighted by Gasteiger charge is -2.41. The first kappa shape index (κ1) is 24.6. The molecule has 0 saturated carbocycles. The van der Waals surface area contributed by atoms with Crippen molar-refractivity contribution in [2.75, 3.05) is 26.3 Å². The highest BCUT2D eigenvalue weighted by atomic mass is 127. The average molecular weight is 526 g/mol.